The Balaban J connectivity index is 2.80. The van der Waals surface area contributed by atoms with Gasteiger partial charge in [-0.1, -0.05) is 6.92 Å². The van der Waals surface area contributed by atoms with Crippen LogP contribution in [0.2, 0.25) is 0 Å². The number of rotatable bonds is 1. The topological polar surface area (TPSA) is 43.6 Å². The van der Waals surface area contributed by atoms with Gasteiger partial charge in [0, 0.05) is 13.5 Å². The Morgan fingerprint density at radius 1 is 1.38 bits per heavy atom. The highest BCUT2D eigenvalue weighted by Crippen LogP contribution is 2.12. The minimum Gasteiger partial charge on any atom is -0.318 e. The van der Waals surface area contributed by atoms with Crippen LogP contribution in [0.25, 0.3) is 11.2 Å². The minimum absolute atomic E-state index is 0.863. The molecule has 2 heterocycles. The fourth-order valence-electron chi connectivity index (χ4n) is 1.36. The van der Waals surface area contributed by atoms with Crippen molar-refractivity contribution in [1.29, 1.82) is 0 Å². The lowest BCUT2D eigenvalue weighted by Crippen LogP contribution is -1.98. The maximum atomic E-state index is 4.40. The number of fused-ring (bicyclic) bond motifs is 1. The minimum atomic E-state index is 0.863. The van der Waals surface area contributed by atoms with Gasteiger partial charge in [0.25, 0.3) is 0 Å². The SMILES string of the molecule is CCc1nc(C)c2ncn(C)c2n1. The average molecular weight is 176 g/mol. The van der Waals surface area contributed by atoms with E-state index in [2.05, 4.69) is 21.9 Å². The number of imidazole rings is 1. The molecule has 2 rings (SSSR count). The van der Waals surface area contributed by atoms with Crippen molar-refractivity contribution in [3.63, 3.8) is 0 Å². The van der Waals surface area contributed by atoms with Crippen molar-refractivity contribution in [1.82, 2.24) is 19.5 Å². The van der Waals surface area contributed by atoms with Crippen LogP contribution in [0.4, 0.5) is 0 Å². The molecule has 0 aliphatic rings. The Labute approximate surface area is 76.7 Å². The Kier molecular flexibility index (Phi) is 1.76. The molecule has 0 aliphatic heterocycles. The lowest BCUT2D eigenvalue weighted by atomic mass is 10.3. The summed E-state index contributed by atoms with van der Waals surface area (Å²) in [4.78, 5) is 13.0. The van der Waals surface area contributed by atoms with Gasteiger partial charge in [-0.3, -0.25) is 0 Å². The number of aromatic nitrogens is 4. The summed E-state index contributed by atoms with van der Waals surface area (Å²) in [6.07, 6.45) is 2.63. The molecule has 0 N–H and O–H groups in total. The second-order valence-electron chi connectivity index (χ2n) is 3.11. The van der Waals surface area contributed by atoms with Gasteiger partial charge in [-0.05, 0) is 6.92 Å². The molecule has 0 amide bonds. The molecule has 4 nitrogen and oxygen atoms in total. The van der Waals surface area contributed by atoms with Crippen LogP contribution in [0.1, 0.15) is 18.4 Å². The average Bonchev–Trinajstić information content (AvgIpc) is 2.48. The predicted octanol–water partition coefficient (Wildman–Crippen LogP) is 1.23. The summed E-state index contributed by atoms with van der Waals surface area (Å²) in [6, 6.07) is 0. The molecule has 0 bridgehead atoms. The number of hydrogen-bond donors (Lipinski definition) is 0. The Morgan fingerprint density at radius 3 is 2.85 bits per heavy atom. The van der Waals surface area contributed by atoms with Crippen LogP contribution in [0, 0.1) is 6.92 Å². The third-order valence-corrected chi connectivity index (χ3v) is 2.10. The number of hydrogen-bond acceptors (Lipinski definition) is 3. The van der Waals surface area contributed by atoms with Gasteiger partial charge >= 0.3 is 0 Å². The summed E-state index contributed by atoms with van der Waals surface area (Å²) in [5, 5.41) is 0. The van der Waals surface area contributed by atoms with Crippen molar-refractivity contribution >= 4 is 11.2 Å². The van der Waals surface area contributed by atoms with Gasteiger partial charge in [0.05, 0.1) is 12.0 Å². The lowest BCUT2D eigenvalue weighted by molar-refractivity contribution is 0.891. The number of nitrogens with zero attached hydrogens (tertiary/aromatic N) is 4. The Hall–Kier alpha value is -1.45. The lowest BCUT2D eigenvalue weighted by Gasteiger charge is -1.99. The first kappa shape index (κ1) is 8.16. The van der Waals surface area contributed by atoms with Gasteiger partial charge in [-0.15, -0.1) is 0 Å². The van der Waals surface area contributed by atoms with Crippen LogP contribution in [-0.2, 0) is 13.5 Å². The second kappa shape index (κ2) is 2.80. The Morgan fingerprint density at radius 2 is 2.15 bits per heavy atom. The summed E-state index contributed by atoms with van der Waals surface area (Å²) < 4.78 is 1.92. The van der Waals surface area contributed by atoms with Crippen molar-refractivity contribution in [2.75, 3.05) is 0 Å². The highest BCUT2D eigenvalue weighted by Gasteiger charge is 2.06. The van der Waals surface area contributed by atoms with Crippen molar-refractivity contribution in [3.8, 4) is 0 Å². The van der Waals surface area contributed by atoms with E-state index in [1.165, 1.54) is 0 Å². The predicted molar refractivity (Wildman–Crippen MR) is 50.4 cm³/mol. The van der Waals surface area contributed by atoms with Crippen LogP contribution in [0.15, 0.2) is 6.33 Å². The molecular weight excluding hydrogens is 164 g/mol. The molecule has 0 saturated heterocycles. The fourth-order valence-corrected chi connectivity index (χ4v) is 1.36. The summed E-state index contributed by atoms with van der Waals surface area (Å²) in [5.41, 5.74) is 2.78. The van der Waals surface area contributed by atoms with Crippen molar-refractivity contribution in [3.05, 3.63) is 17.8 Å². The summed E-state index contributed by atoms with van der Waals surface area (Å²) in [7, 11) is 1.95. The smallest absolute Gasteiger partial charge is 0.163 e. The molecule has 0 aliphatic carbocycles. The first-order valence-electron chi connectivity index (χ1n) is 4.37. The molecule has 4 heteroatoms. The first-order chi connectivity index (χ1) is 6.22. The molecule has 2 aromatic heterocycles. The normalized spacial score (nSPS) is 11.0. The summed E-state index contributed by atoms with van der Waals surface area (Å²) >= 11 is 0. The maximum Gasteiger partial charge on any atom is 0.163 e. The van der Waals surface area contributed by atoms with Crippen LogP contribution in [0.3, 0.4) is 0 Å². The molecule has 0 atom stereocenters. The van der Waals surface area contributed by atoms with E-state index in [1.807, 2.05) is 18.5 Å². The molecule has 0 spiro atoms. The van der Waals surface area contributed by atoms with Gasteiger partial charge in [-0.25, -0.2) is 15.0 Å². The number of aryl methyl sites for hydroxylation is 3. The molecular formula is C9H12N4. The molecule has 68 valence electrons. The van der Waals surface area contributed by atoms with Gasteiger partial charge in [-0.2, -0.15) is 0 Å². The molecule has 0 saturated carbocycles. The molecule has 0 fully saturated rings. The molecule has 13 heavy (non-hydrogen) atoms. The maximum absolute atomic E-state index is 4.40. The molecule has 0 radical (unpaired) electrons. The molecule has 2 aromatic rings. The first-order valence-corrected chi connectivity index (χ1v) is 4.37. The molecule has 0 aromatic carbocycles. The largest absolute Gasteiger partial charge is 0.318 e. The van der Waals surface area contributed by atoms with E-state index in [4.69, 9.17) is 0 Å². The highest BCUT2D eigenvalue weighted by molar-refractivity contribution is 5.72. The molecule has 0 unspecified atom stereocenters. The van der Waals surface area contributed by atoms with E-state index in [-0.39, 0.29) is 0 Å². The van der Waals surface area contributed by atoms with E-state index < -0.39 is 0 Å². The summed E-state index contributed by atoms with van der Waals surface area (Å²) in [5.74, 6) is 0.883. The van der Waals surface area contributed by atoms with Gasteiger partial charge in [0.2, 0.25) is 0 Å². The zero-order valence-electron chi connectivity index (χ0n) is 8.07. The van der Waals surface area contributed by atoms with Crippen LogP contribution in [0.5, 0.6) is 0 Å². The quantitative estimate of drug-likeness (QED) is 0.656. The highest BCUT2D eigenvalue weighted by atomic mass is 15.1. The summed E-state index contributed by atoms with van der Waals surface area (Å²) in [6.45, 7) is 4.02. The van der Waals surface area contributed by atoms with Gasteiger partial charge in [0.15, 0.2) is 5.65 Å². The van der Waals surface area contributed by atoms with Gasteiger partial charge in [0.1, 0.15) is 11.3 Å². The van der Waals surface area contributed by atoms with Crippen LogP contribution in [-0.4, -0.2) is 19.5 Å². The van der Waals surface area contributed by atoms with Crippen molar-refractivity contribution in [2.24, 2.45) is 7.05 Å². The standard InChI is InChI=1S/C9H12N4/c1-4-7-11-6(2)8-9(12-7)13(3)5-10-8/h5H,4H2,1-3H3. The fraction of sp³-hybridized carbons (Fsp3) is 0.444. The Bertz CT molecular complexity index is 444. The van der Waals surface area contributed by atoms with Crippen molar-refractivity contribution < 1.29 is 0 Å². The van der Waals surface area contributed by atoms with E-state index in [0.717, 1.165) is 29.1 Å². The zero-order chi connectivity index (χ0) is 9.42. The third kappa shape index (κ3) is 1.18. The van der Waals surface area contributed by atoms with Crippen LogP contribution >= 0.6 is 0 Å². The van der Waals surface area contributed by atoms with Gasteiger partial charge < -0.3 is 4.57 Å². The van der Waals surface area contributed by atoms with E-state index in [0.29, 0.717) is 0 Å². The monoisotopic (exact) mass is 176 g/mol. The zero-order valence-corrected chi connectivity index (χ0v) is 8.07. The second-order valence-corrected chi connectivity index (χ2v) is 3.11. The van der Waals surface area contributed by atoms with E-state index in [9.17, 15) is 0 Å². The van der Waals surface area contributed by atoms with E-state index >= 15 is 0 Å². The van der Waals surface area contributed by atoms with Crippen molar-refractivity contribution in [2.45, 2.75) is 20.3 Å². The van der Waals surface area contributed by atoms with E-state index in [1.54, 1.807) is 6.33 Å². The van der Waals surface area contributed by atoms with Crippen LogP contribution < -0.4 is 0 Å². The third-order valence-electron chi connectivity index (χ3n) is 2.10.